The van der Waals surface area contributed by atoms with Gasteiger partial charge >= 0.3 is 0 Å². The zero-order chi connectivity index (χ0) is 10.6. The minimum absolute atomic E-state index is 0.109. The number of Topliss-reactive ketones (excluding diaryl/α,β-unsaturated/α-hetero) is 1. The van der Waals surface area contributed by atoms with Crippen molar-refractivity contribution < 1.29 is 9.44 Å². The zero-order valence-electron chi connectivity index (χ0n) is 8.96. The second-order valence-corrected chi connectivity index (χ2v) is 3.88. The Labute approximate surface area is 80.2 Å². The zero-order valence-corrected chi connectivity index (χ0v) is 8.96. The Kier molecular flexibility index (Phi) is 4.30. The van der Waals surface area contributed by atoms with Crippen molar-refractivity contribution in [1.29, 1.82) is 0 Å². The molecular formula is C10H19NO2. The predicted molar refractivity (Wildman–Crippen MR) is 54.0 cm³/mol. The van der Waals surface area contributed by atoms with Crippen LogP contribution in [0.2, 0.25) is 0 Å². The number of likely N-dealkylation sites (N-methyl/N-ethyl adjacent to an activating group) is 1. The van der Waals surface area contributed by atoms with Crippen molar-refractivity contribution in [3.63, 3.8) is 0 Å². The Morgan fingerprint density at radius 2 is 2.00 bits per heavy atom. The average Bonchev–Trinajstić information content (AvgIpc) is 1.96. The SMILES string of the molecule is C=C(C)C(=O)C(CCC)[N+](C)(C)[O-]. The molecule has 1 atom stereocenters. The molecule has 3 heteroatoms. The van der Waals surface area contributed by atoms with Gasteiger partial charge in [0.25, 0.3) is 0 Å². The van der Waals surface area contributed by atoms with Gasteiger partial charge < -0.3 is 9.85 Å². The number of nitrogens with zero attached hydrogens (tertiary/aromatic N) is 1. The fourth-order valence-corrected chi connectivity index (χ4v) is 1.28. The van der Waals surface area contributed by atoms with E-state index in [-0.39, 0.29) is 5.78 Å². The molecule has 0 aromatic carbocycles. The van der Waals surface area contributed by atoms with Gasteiger partial charge in [0.15, 0.2) is 6.04 Å². The lowest BCUT2D eigenvalue weighted by atomic mass is 10.0. The van der Waals surface area contributed by atoms with E-state index in [9.17, 15) is 10.0 Å². The quantitative estimate of drug-likeness (QED) is 0.372. The lowest BCUT2D eigenvalue weighted by Gasteiger charge is -2.40. The summed E-state index contributed by atoms with van der Waals surface area (Å²) in [6, 6.07) is -0.484. The summed E-state index contributed by atoms with van der Waals surface area (Å²) in [6.07, 6.45) is 1.47. The summed E-state index contributed by atoms with van der Waals surface area (Å²) in [5, 5.41) is 11.6. The van der Waals surface area contributed by atoms with Gasteiger partial charge in [0, 0.05) is 6.42 Å². The third-order valence-electron chi connectivity index (χ3n) is 2.04. The number of rotatable bonds is 5. The first-order valence-electron chi connectivity index (χ1n) is 4.55. The molecule has 0 bridgehead atoms. The number of quaternary nitrogens is 1. The van der Waals surface area contributed by atoms with Gasteiger partial charge in [-0.15, -0.1) is 0 Å². The van der Waals surface area contributed by atoms with Crippen LogP contribution in [-0.4, -0.2) is 30.6 Å². The summed E-state index contributed by atoms with van der Waals surface area (Å²) in [4.78, 5) is 11.6. The highest BCUT2D eigenvalue weighted by atomic mass is 16.5. The van der Waals surface area contributed by atoms with Crippen molar-refractivity contribution >= 4 is 5.78 Å². The van der Waals surface area contributed by atoms with Crippen LogP contribution in [0.3, 0.4) is 0 Å². The molecule has 0 aromatic rings. The highest BCUT2D eigenvalue weighted by Gasteiger charge is 2.27. The normalized spacial score (nSPS) is 13.9. The Balaban J connectivity index is 4.61. The summed E-state index contributed by atoms with van der Waals surface area (Å²) in [5.41, 5.74) is 0.473. The van der Waals surface area contributed by atoms with Gasteiger partial charge in [-0.05, 0) is 12.5 Å². The van der Waals surface area contributed by atoms with E-state index in [0.717, 1.165) is 6.42 Å². The van der Waals surface area contributed by atoms with Crippen LogP contribution in [0, 0.1) is 5.21 Å². The summed E-state index contributed by atoms with van der Waals surface area (Å²) in [5.74, 6) is -0.109. The number of carbonyl (C=O) groups is 1. The van der Waals surface area contributed by atoms with Gasteiger partial charge in [-0.2, -0.15) is 0 Å². The molecular weight excluding hydrogens is 166 g/mol. The van der Waals surface area contributed by atoms with Crippen LogP contribution in [0.1, 0.15) is 26.7 Å². The number of hydroxylamine groups is 3. The monoisotopic (exact) mass is 185 g/mol. The third kappa shape index (κ3) is 3.70. The molecule has 0 heterocycles. The molecule has 76 valence electrons. The molecule has 0 saturated carbocycles. The average molecular weight is 185 g/mol. The lowest BCUT2D eigenvalue weighted by Crippen LogP contribution is -2.48. The van der Waals surface area contributed by atoms with Crippen LogP contribution in [0.4, 0.5) is 0 Å². The van der Waals surface area contributed by atoms with Crippen LogP contribution in [0.15, 0.2) is 12.2 Å². The molecule has 0 rings (SSSR count). The molecule has 13 heavy (non-hydrogen) atoms. The summed E-state index contributed by atoms with van der Waals surface area (Å²) >= 11 is 0. The van der Waals surface area contributed by atoms with Gasteiger partial charge in [0.1, 0.15) is 0 Å². The van der Waals surface area contributed by atoms with Crippen molar-refractivity contribution in [2.75, 3.05) is 14.1 Å². The molecule has 0 amide bonds. The maximum atomic E-state index is 11.6. The smallest absolute Gasteiger partial charge is 0.215 e. The van der Waals surface area contributed by atoms with E-state index < -0.39 is 10.7 Å². The third-order valence-corrected chi connectivity index (χ3v) is 2.04. The number of ketones is 1. The van der Waals surface area contributed by atoms with E-state index >= 15 is 0 Å². The van der Waals surface area contributed by atoms with Gasteiger partial charge in [-0.25, -0.2) is 0 Å². The molecule has 0 N–H and O–H groups in total. The number of carbonyl (C=O) groups excluding carboxylic acids is 1. The topological polar surface area (TPSA) is 40.1 Å². The van der Waals surface area contributed by atoms with E-state index in [2.05, 4.69) is 6.58 Å². The summed E-state index contributed by atoms with van der Waals surface area (Å²) < 4.78 is -0.556. The minimum atomic E-state index is -0.556. The fourth-order valence-electron chi connectivity index (χ4n) is 1.28. The molecule has 3 nitrogen and oxygen atoms in total. The van der Waals surface area contributed by atoms with Gasteiger partial charge in [0.2, 0.25) is 5.78 Å². The van der Waals surface area contributed by atoms with Crippen molar-refractivity contribution in [3.05, 3.63) is 17.4 Å². The van der Waals surface area contributed by atoms with E-state index in [4.69, 9.17) is 0 Å². The Bertz CT molecular complexity index is 203. The summed E-state index contributed by atoms with van der Waals surface area (Å²) in [7, 11) is 3.00. The first-order valence-corrected chi connectivity index (χ1v) is 4.55. The maximum Gasteiger partial charge on any atom is 0.215 e. The van der Waals surface area contributed by atoms with Crippen molar-refractivity contribution in [3.8, 4) is 0 Å². The van der Waals surface area contributed by atoms with Gasteiger partial charge in [0.05, 0.1) is 14.1 Å². The molecule has 0 aliphatic carbocycles. The van der Waals surface area contributed by atoms with Gasteiger partial charge in [-0.1, -0.05) is 19.9 Å². The Morgan fingerprint density at radius 3 is 2.23 bits per heavy atom. The lowest BCUT2D eigenvalue weighted by molar-refractivity contribution is -0.856. The minimum Gasteiger partial charge on any atom is -0.633 e. The van der Waals surface area contributed by atoms with Crippen molar-refractivity contribution in [2.24, 2.45) is 0 Å². The standard InChI is InChI=1S/C10H19NO2/c1-6-7-9(11(4,5)13)10(12)8(2)3/h9H,2,6-7H2,1,3-5H3. The highest BCUT2D eigenvalue weighted by Crippen LogP contribution is 2.15. The number of hydrogen-bond donors (Lipinski definition) is 0. The molecule has 0 radical (unpaired) electrons. The predicted octanol–water partition coefficient (Wildman–Crippen LogP) is 1.87. The maximum absolute atomic E-state index is 11.6. The van der Waals surface area contributed by atoms with Crippen LogP contribution in [-0.2, 0) is 4.79 Å². The Hall–Kier alpha value is -0.670. The molecule has 0 saturated heterocycles. The number of hydrogen-bond acceptors (Lipinski definition) is 2. The van der Waals surface area contributed by atoms with Crippen molar-refractivity contribution in [2.45, 2.75) is 32.7 Å². The van der Waals surface area contributed by atoms with Crippen LogP contribution in [0.5, 0.6) is 0 Å². The van der Waals surface area contributed by atoms with Crippen LogP contribution < -0.4 is 0 Å². The van der Waals surface area contributed by atoms with Crippen LogP contribution >= 0.6 is 0 Å². The van der Waals surface area contributed by atoms with E-state index in [0.29, 0.717) is 12.0 Å². The molecule has 0 aliphatic rings. The first kappa shape index (κ1) is 12.3. The van der Waals surface area contributed by atoms with E-state index in [1.165, 1.54) is 14.1 Å². The highest BCUT2D eigenvalue weighted by molar-refractivity contribution is 5.97. The fraction of sp³-hybridized carbons (Fsp3) is 0.700. The molecule has 0 aliphatic heterocycles. The molecule has 0 spiro atoms. The first-order chi connectivity index (χ1) is 5.80. The molecule has 0 aromatic heterocycles. The second kappa shape index (κ2) is 4.53. The Morgan fingerprint density at radius 1 is 1.54 bits per heavy atom. The molecule has 1 unspecified atom stereocenters. The largest absolute Gasteiger partial charge is 0.633 e. The van der Waals surface area contributed by atoms with Gasteiger partial charge in [-0.3, -0.25) is 4.79 Å². The second-order valence-electron chi connectivity index (χ2n) is 3.88. The molecule has 0 fully saturated rings. The summed E-state index contributed by atoms with van der Waals surface area (Å²) in [6.45, 7) is 7.19. The van der Waals surface area contributed by atoms with E-state index in [1.54, 1.807) is 6.92 Å². The van der Waals surface area contributed by atoms with E-state index in [1.807, 2.05) is 6.92 Å². The van der Waals surface area contributed by atoms with Crippen molar-refractivity contribution in [1.82, 2.24) is 0 Å². The van der Waals surface area contributed by atoms with Crippen LogP contribution in [0.25, 0.3) is 0 Å².